The number of aromatic nitrogens is 2. The Morgan fingerprint density at radius 1 is 1.33 bits per heavy atom. The second kappa shape index (κ2) is 7.44. The fourth-order valence-electron chi connectivity index (χ4n) is 2.90. The molecule has 0 spiro atoms. The Labute approximate surface area is 140 Å². The van der Waals surface area contributed by atoms with Gasteiger partial charge in [-0.1, -0.05) is 12.1 Å². The van der Waals surface area contributed by atoms with Crippen LogP contribution in [0.4, 0.5) is 0 Å². The van der Waals surface area contributed by atoms with Crippen molar-refractivity contribution in [3.05, 3.63) is 30.1 Å². The van der Waals surface area contributed by atoms with Gasteiger partial charge in [0.1, 0.15) is 5.82 Å². The molecule has 1 amide bonds. The normalized spacial score (nSPS) is 17.9. The summed E-state index contributed by atoms with van der Waals surface area (Å²) in [6.45, 7) is 3.98. The third-order valence-corrected chi connectivity index (χ3v) is 4.11. The van der Waals surface area contributed by atoms with Crippen molar-refractivity contribution in [2.45, 2.75) is 25.8 Å². The SMILES string of the molecule is CCOC(=O)CCC(=O)N1CCNC(c2nc3ccccc3[nH]2)C1. The molecule has 1 aromatic carbocycles. The Kier molecular flexibility index (Phi) is 5.10. The number of benzene rings is 1. The first-order valence-corrected chi connectivity index (χ1v) is 8.29. The van der Waals surface area contributed by atoms with Crippen molar-refractivity contribution in [1.82, 2.24) is 20.2 Å². The van der Waals surface area contributed by atoms with Crippen molar-refractivity contribution in [3.63, 3.8) is 0 Å². The molecule has 2 aromatic rings. The number of rotatable bonds is 5. The molecule has 1 aliphatic heterocycles. The van der Waals surface area contributed by atoms with Gasteiger partial charge in [-0.2, -0.15) is 0 Å². The fraction of sp³-hybridized carbons (Fsp3) is 0.471. The maximum atomic E-state index is 12.3. The monoisotopic (exact) mass is 330 g/mol. The minimum atomic E-state index is -0.324. The largest absolute Gasteiger partial charge is 0.466 e. The Hall–Kier alpha value is -2.41. The molecule has 1 unspecified atom stereocenters. The van der Waals surface area contributed by atoms with E-state index in [1.807, 2.05) is 24.3 Å². The van der Waals surface area contributed by atoms with E-state index in [1.165, 1.54) is 0 Å². The molecule has 7 heteroatoms. The van der Waals surface area contributed by atoms with Crippen LogP contribution in [0.25, 0.3) is 11.0 Å². The zero-order chi connectivity index (χ0) is 16.9. The van der Waals surface area contributed by atoms with Gasteiger partial charge in [0.15, 0.2) is 0 Å². The number of carbonyl (C=O) groups excluding carboxylic acids is 2. The molecule has 0 saturated carbocycles. The number of piperazine rings is 1. The second-order valence-electron chi connectivity index (χ2n) is 5.79. The number of nitrogens with one attached hydrogen (secondary N) is 2. The Balaban J connectivity index is 1.61. The summed E-state index contributed by atoms with van der Waals surface area (Å²) in [5, 5.41) is 3.39. The van der Waals surface area contributed by atoms with Crippen molar-refractivity contribution in [1.29, 1.82) is 0 Å². The van der Waals surface area contributed by atoms with Gasteiger partial charge in [0.25, 0.3) is 0 Å². The Morgan fingerprint density at radius 2 is 2.17 bits per heavy atom. The van der Waals surface area contributed by atoms with Crippen LogP contribution in [0.3, 0.4) is 0 Å². The van der Waals surface area contributed by atoms with Crippen molar-refractivity contribution in [2.24, 2.45) is 0 Å². The molecule has 0 radical (unpaired) electrons. The van der Waals surface area contributed by atoms with Gasteiger partial charge in [0.05, 0.1) is 30.1 Å². The molecule has 7 nitrogen and oxygen atoms in total. The smallest absolute Gasteiger partial charge is 0.306 e. The van der Waals surface area contributed by atoms with Gasteiger partial charge in [0.2, 0.25) is 5.91 Å². The van der Waals surface area contributed by atoms with Crippen LogP contribution < -0.4 is 5.32 Å². The highest BCUT2D eigenvalue weighted by Gasteiger charge is 2.26. The molecular formula is C17H22N4O3. The van der Waals surface area contributed by atoms with E-state index in [-0.39, 0.29) is 30.8 Å². The molecule has 0 bridgehead atoms. The van der Waals surface area contributed by atoms with Crippen molar-refractivity contribution in [3.8, 4) is 0 Å². The molecule has 1 aromatic heterocycles. The first-order chi connectivity index (χ1) is 11.7. The average molecular weight is 330 g/mol. The van der Waals surface area contributed by atoms with E-state index in [4.69, 9.17) is 4.74 Å². The summed E-state index contributed by atoms with van der Waals surface area (Å²) in [5.74, 6) is 0.486. The highest BCUT2D eigenvalue weighted by atomic mass is 16.5. The summed E-state index contributed by atoms with van der Waals surface area (Å²) in [6, 6.07) is 7.82. The number of imidazole rings is 1. The number of amides is 1. The van der Waals surface area contributed by atoms with E-state index in [9.17, 15) is 9.59 Å². The predicted molar refractivity (Wildman–Crippen MR) is 89.3 cm³/mol. The summed E-state index contributed by atoms with van der Waals surface area (Å²) in [4.78, 5) is 33.4. The molecule has 1 saturated heterocycles. The van der Waals surface area contributed by atoms with Gasteiger partial charge < -0.3 is 19.9 Å². The van der Waals surface area contributed by atoms with Gasteiger partial charge in [-0.15, -0.1) is 0 Å². The molecule has 2 heterocycles. The molecule has 2 N–H and O–H groups in total. The Morgan fingerprint density at radius 3 is 2.96 bits per heavy atom. The van der Waals surface area contributed by atoms with E-state index >= 15 is 0 Å². The first kappa shape index (κ1) is 16.4. The van der Waals surface area contributed by atoms with E-state index < -0.39 is 0 Å². The zero-order valence-corrected chi connectivity index (χ0v) is 13.7. The molecule has 3 rings (SSSR count). The minimum Gasteiger partial charge on any atom is -0.466 e. The summed E-state index contributed by atoms with van der Waals surface area (Å²) in [5.41, 5.74) is 1.90. The quantitative estimate of drug-likeness (QED) is 0.809. The highest BCUT2D eigenvalue weighted by molar-refractivity contribution is 5.81. The molecule has 1 atom stereocenters. The van der Waals surface area contributed by atoms with Crippen LogP contribution in [0, 0.1) is 0 Å². The lowest BCUT2D eigenvalue weighted by Crippen LogP contribution is -2.48. The first-order valence-electron chi connectivity index (χ1n) is 8.29. The van der Waals surface area contributed by atoms with Crippen LogP contribution in [-0.4, -0.2) is 53.0 Å². The van der Waals surface area contributed by atoms with Gasteiger partial charge in [-0.3, -0.25) is 9.59 Å². The maximum Gasteiger partial charge on any atom is 0.306 e. The number of aromatic amines is 1. The number of H-pyrrole nitrogens is 1. The fourth-order valence-corrected chi connectivity index (χ4v) is 2.90. The zero-order valence-electron chi connectivity index (χ0n) is 13.7. The van der Waals surface area contributed by atoms with Crippen molar-refractivity contribution >= 4 is 22.9 Å². The topological polar surface area (TPSA) is 87.3 Å². The standard InChI is InChI=1S/C17H22N4O3/c1-2-24-16(23)8-7-15(22)21-10-9-18-14(11-21)17-19-12-5-3-4-6-13(12)20-17/h3-6,14,18H,2,7-11H2,1H3,(H,19,20). The van der Waals surface area contributed by atoms with E-state index in [0.29, 0.717) is 26.2 Å². The van der Waals surface area contributed by atoms with Crippen LogP contribution in [-0.2, 0) is 14.3 Å². The summed E-state index contributed by atoms with van der Waals surface area (Å²) < 4.78 is 4.87. The second-order valence-corrected chi connectivity index (χ2v) is 5.79. The van der Waals surface area contributed by atoms with Crippen molar-refractivity contribution < 1.29 is 14.3 Å². The Bertz CT molecular complexity index is 694. The molecule has 128 valence electrons. The molecule has 0 aliphatic carbocycles. The minimum absolute atomic E-state index is 0.0225. The summed E-state index contributed by atoms with van der Waals surface area (Å²) in [6.07, 6.45) is 0.317. The van der Waals surface area contributed by atoms with Crippen LogP contribution in [0.2, 0.25) is 0 Å². The van der Waals surface area contributed by atoms with Gasteiger partial charge in [-0.05, 0) is 19.1 Å². The highest BCUT2D eigenvalue weighted by Crippen LogP contribution is 2.19. The van der Waals surface area contributed by atoms with E-state index in [1.54, 1.807) is 11.8 Å². The third kappa shape index (κ3) is 3.73. The summed E-state index contributed by atoms with van der Waals surface area (Å²) >= 11 is 0. The van der Waals surface area contributed by atoms with Gasteiger partial charge in [0, 0.05) is 26.1 Å². The summed E-state index contributed by atoms with van der Waals surface area (Å²) in [7, 11) is 0. The molecule has 1 aliphatic rings. The number of ether oxygens (including phenoxy) is 1. The van der Waals surface area contributed by atoms with Crippen molar-refractivity contribution in [2.75, 3.05) is 26.2 Å². The molecular weight excluding hydrogens is 308 g/mol. The van der Waals surface area contributed by atoms with Gasteiger partial charge >= 0.3 is 5.97 Å². The number of hydrogen-bond donors (Lipinski definition) is 2. The number of esters is 1. The molecule has 24 heavy (non-hydrogen) atoms. The van der Waals surface area contributed by atoms with E-state index in [0.717, 1.165) is 16.9 Å². The van der Waals surface area contributed by atoms with Crippen LogP contribution in [0.5, 0.6) is 0 Å². The number of nitrogens with zero attached hydrogens (tertiary/aromatic N) is 2. The predicted octanol–water partition coefficient (Wildman–Crippen LogP) is 1.38. The van der Waals surface area contributed by atoms with Crippen LogP contribution >= 0.6 is 0 Å². The lowest BCUT2D eigenvalue weighted by molar-refractivity contribution is -0.146. The van der Waals surface area contributed by atoms with Gasteiger partial charge in [-0.25, -0.2) is 4.98 Å². The van der Waals surface area contributed by atoms with Crippen LogP contribution in [0.15, 0.2) is 24.3 Å². The average Bonchev–Trinajstić information content (AvgIpc) is 3.04. The number of para-hydroxylation sites is 2. The molecule has 1 fully saturated rings. The lowest BCUT2D eigenvalue weighted by atomic mass is 10.1. The number of fused-ring (bicyclic) bond motifs is 1. The van der Waals surface area contributed by atoms with Crippen LogP contribution in [0.1, 0.15) is 31.6 Å². The van der Waals surface area contributed by atoms with E-state index in [2.05, 4.69) is 15.3 Å². The third-order valence-electron chi connectivity index (χ3n) is 4.11. The maximum absolute atomic E-state index is 12.3. The number of hydrogen-bond acceptors (Lipinski definition) is 5. The lowest BCUT2D eigenvalue weighted by Gasteiger charge is -2.32. The number of carbonyl (C=O) groups is 2.